The summed E-state index contributed by atoms with van der Waals surface area (Å²) < 4.78 is 34.2. The van der Waals surface area contributed by atoms with Crippen molar-refractivity contribution in [3.05, 3.63) is 48.6 Å². The molecule has 1 amide bonds. The maximum Gasteiger partial charge on any atom is 0.220 e. The van der Waals surface area contributed by atoms with Crippen molar-refractivity contribution in [2.45, 2.75) is 362 Å². The first-order chi connectivity index (χ1) is 43.3. The van der Waals surface area contributed by atoms with E-state index in [4.69, 9.17) is 28.4 Å². The quantitative estimate of drug-likeness (QED) is 0.0199. The smallest absolute Gasteiger partial charge is 0.220 e. The van der Waals surface area contributed by atoms with Gasteiger partial charge in [0.05, 0.1) is 38.6 Å². The number of rotatable bonds is 54. The lowest BCUT2D eigenvalue weighted by atomic mass is 9.96. The predicted octanol–water partition coefficient (Wildman–Crippen LogP) is 9.39. The molecule has 0 aromatic rings. The van der Waals surface area contributed by atoms with Gasteiger partial charge in [-0.05, 0) is 64.2 Å². The molecule has 3 saturated heterocycles. The Morgan fingerprint density at radius 1 is 0.404 bits per heavy atom. The molecule has 0 aliphatic carbocycles. The van der Waals surface area contributed by atoms with Gasteiger partial charge in [0.2, 0.25) is 5.91 Å². The van der Waals surface area contributed by atoms with Crippen LogP contribution in [0.15, 0.2) is 48.6 Å². The molecule has 3 rings (SSSR count). The molecular weight excluding hydrogens is 1140 g/mol. The fourth-order valence-electron chi connectivity index (χ4n) is 11.8. The standard InChI is InChI=1S/C70H127NO18/c1-3-5-7-9-11-13-14-15-16-17-18-19-20-21-22-23-24-25-26-27-28-29-30-31-32-33-34-35-36-37-38-40-42-44-46-48-58(76)71-53(54(75)47-45-43-41-39-12-10-8-6-4-2)52-84-68-64(82)61(79)66(56(50-73)86-68)89-70-65(83)62(80)67(57(51-74)87-70)88-69-63(81)60(78)59(77)55(49-72)85-69/h12,14-15,17-18,39,45,47,53-57,59-70,72-75,77-83H,3-11,13,16,19-38,40-44,46,48-52H2,1-2H3,(H,71,76)/b15-14-,18-17-,39-12+,47-45+. The SMILES string of the molecule is CCCCC/C=C/CC/C=C/C(O)C(COC1OC(CO)C(OC2OC(CO)C(OC3OC(CO)C(O)C(O)C3O)C(O)C2O)C(O)C1O)NC(=O)CCCCCCCCCCCCCCCCCCCCCCCCC/C=C\C/C=C\CCCCCCC. The van der Waals surface area contributed by atoms with Gasteiger partial charge >= 0.3 is 0 Å². The van der Waals surface area contributed by atoms with Crippen molar-refractivity contribution in [2.24, 2.45) is 0 Å². The number of aliphatic hydroxyl groups is 11. The van der Waals surface area contributed by atoms with Gasteiger partial charge in [0.15, 0.2) is 18.9 Å². The van der Waals surface area contributed by atoms with Crippen molar-refractivity contribution in [3.8, 4) is 0 Å². The molecule has 0 saturated carbocycles. The van der Waals surface area contributed by atoms with Crippen LogP contribution in [0.1, 0.15) is 258 Å². The van der Waals surface area contributed by atoms with Crippen LogP contribution < -0.4 is 5.32 Å². The molecule has 3 heterocycles. The van der Waals surface area contributed by atoms with Crippen LogP contribution in [0, 0.1) is 0 Å². The van der Waals surface area contributed by atoms with Gasteiger partial charge in [-0.25, -0.2) is 0 Å². The molecule has 89 heavy (non-hydrogen) atoms. The van der Waals surface area contributed by atoms with Crippen LogP contribution in [0.3, 0.4) is 0 Å². The van der Waals surface area contributed by atoms with Crippen molar-refractivity contribution in [1.82, 2.24) is 5.32 Å². The second-order valence-electron chi connectivity index (χ2n) is 25.3. The number of amides is 1. The van der Waals surface area contributed by atoms with Crippen molar-refractivity contribution in [3.63, 3.8) is 0 Å². The summed E-state index contributed by atoms with van der Waals surface area (Å²) >= 11 is 0. The molecular formula is C70H127NO18. The second kappa shape index (κ2) is 52.1. The third-order valence-corrected chi connectivity index (χ3v) is 17.6. The number of allylic oxidation sites excluding steroid dienone is 7. The summed E-state index contributed by atoms with van der Waals surface area (Å²) in [7, 11) is 0. The summed E-state index contributed by atoms with van der Waals surface area (Å²) in [5, 5.41) is 120. The lowest BCUT2D eigenvalue weighted by Gasteiger charge is -2.48. The number of aliphatic hydroxyl groups excluding tert-OH is 11. The molecule has 0 aromatic heterocycles. The number of carbonyl (C=O) groups is 1. The maximum absolute atomic E-state index is 13.3. The zero-order valence-corrected chi connectivity index (χ0v) is 54.9. The van der Waals surface area contributed by atoms with E-state index < -0.39 is 124 Å². The Morgan fingerprint density at radius 2 is 0.753 bits per heavy atom. The summed E-state index contributed by atoms with van der Waals surface area (Å²) in [6.45, 7) is 1.64. The third-order valence-electron chi connectivity index (χ3n) is 17.6. The molecule has 3 aliphatic heterocycles. The van der Waals surface area contributed by atoms with Gasteiger partial charge in [0, 0.05) is 6.42 Å². The number of nitrogens with one attached hydrogen (secondary N) is 1. The average Bonchev–Trinajstić information content (AvgIpc) is 1.06. The first-order valence-corrected chi connectivity index (χ1v) is 35.4. The highest BCUT2D eigenvalue weighted by Crippen LogP contribution is 2.33. The molecule has 12 N–H and O–H groups in total. The van der Waals surface area contributed by atoms with E-state index in [1.54, 1.807) is 6.08 Å². The summed E-state index contributed by atoms with van der Waals surface area (Å²) in [6, 6.07) is -0.987. The second-order valence-corrected chi connectivity index (χ2v) is 25.3. The van der Waals surface area contributed by atoms with Crippen LogP contribution >= 0.6 is 0 Å². The number of carbonyl (C=O) groups excluding carboxylic acids is 1. The monoisotopic (exact) mass is 1270 g/mol. The number of hydrogen-bond acceptors (Lipinski definition) is 18. The Bertz CT molecular complexity index is 1800. The average molecular weight is 1270 g/mol. The molecule has 3 fully saturated rings. The van der Waals surface area contributed by atoms with Crippen LogP contribution in [0.25, 0.3) is 0 Å². The van der Waals surface area contributed by atoms with Gasteiger partial charge in [-0.3, -0.25) is 4.79 Å². The number of ether oxygens (including phenoxy) is 6. The van der Waals surface area contributed by atoms with Gasteiger partial charge in [-0.15, -0.1) is 0 Å². The lowest BCUT2D eigenvalue weighted by Crippen LogP contribution is -2.66. The largest absolute Gasteiger partial charge is 0.394 e. The zero-order chi connectivity index (χ0) is 64.7. The van der Waals surface area contributed by atoms with E-state index in [9.17, 15) is 61.0 Å². The van der Waals surface area contributed by atoms with E-state index >= 15 is 0 Å². The molecule has 0 bridgehead atoms. The van der Waals surface area contributed by atoms with Gasteiger partial charge < -0.3 is 89.9 Å². The highest BCUT2D eigenvalue weighted by Gasteiger charge is 2.53. The first-order valence-electron chi connectivity index (χ1n) is 35.4. The maximum atomic E-state index is 13.3. The van der Waals surface area contributed by atoms with Crippen molar-refractivity contribution in [1.29, 1.82) is 0 Å². The van der Waals surface area contributed by atoms with Gasteiger partial charge in [0.25, 0.3) is 0 Å². The van der Waals surface area contributed by atoms with Crippen molar-refractivity contribution >= 4 is 5.91 Å². The topological polar surface area (TPSA) is 307 Å². The minimum atomic E-state index is -1.98. The molecule has 19 nitrogen and oxygen atoms in total. The lowest BCUT2D eigenvalue weighted by molar-refractivity contribution is -0.379. The highest BCUT2D eigenvalue weighted by atomic mass is 16.8. The summed E-state index contributed by atoms with van der Waals surface area (Å²) in [5.74, 6) is -0.286. The molecule has 19 heteroatoms. The highest BCUT2D eigenvalue weighted by molar-refractivity contribution is 5.76. The van der Waals surface area contributed by atoms with E-state index in [-0.39, 0.29) is 18.9 Å². The van der Waals surface area contributed by atoms with Gasteiger partial charge in [-0.1, -0.05) is 236 Å². The van der Waals surface area contributed by atoms with E-state index in [0.717, 1.165) is 51.4 Å². The van der Waals surface area contributed by atoms with Crippen LogP contribution in [-0.2, 0) is 33.2 Å². The summed E-state index contributed by atoms with van der Waals surface area (Å²) in [6.07, 6.45) is 35.9. The fourth-order valence-corrected chi connectivity index (χ4v) is 11.8. The molecule has 0 spiro atoms. The van der Waals surface area contributed by atoms with Gasteiger partial charge in [-0.2, -0.15) is 0 Å². The molecule has 3 aliphatic rings. The van der Waals surface area contributed by atoms with Crippen LogP contribution in [0.4, 0.5) is 0 Å². The molecule has 520 valence electrons. The van der Waals surface area contributed by atoms with E-state index in [0.29, 0.717) is 12.8 Å². The summed E-state index contributed by atoms with van der Waals surface area (Å²) in [4.78, 5) is 13.3. The van der Waals surface area contributed by atoms with E-state index in [1.807, 2.05) is 6.08 Å². The fraction of sp³-hybridized carbons (Fsp3) is 0.871. The van der Waals surface area contributed by atoms with Crippen LogP contribution in [-0.4, -0.2) is 193 Å². The Balaban J connectivity index is 1.30. The van der Waals surface area contributed by atoms with Crippen LogP contribution in [0.2, 0.25) is 0 Å². The third kappa shape index (κ3) is 34.1. The van der Waals surface area contributed by atoms with Crippen LogP contribution in [0.5, 0.6) is 0 Å². The Labute approximate surface area is 535 Å². The Kier molecular flexibility index (Phi) is 47.4. The molecule has 17 unspecified atom stereocenters. The van der Waals surface area contributed by atoms with Crippen molar-refractivity contribution in [2.75, 3.05) is 26.4 Å². The molecule has 17 atom stereocenters. The minimum Gasteiger partial charge on any atom is -0.394 e. The Morgan fingerprint density at radius 3 is 1.21 bits per heavy atom. The van der Waals surface area contributed by atoms with Crippen molar-refractivity contribution < 1.29 is 89.4 Å². The first kappa shape index (κ1) is 81.0. The normalized spacial score (nSPS) is 28.5. The molecule has 0 radical (unpaired) electrons. The minimum absolute atomic E-state index is 0.237. The molecule has 0 aromatic carbocycles. The number of unbranched alkanes of at least 4 members (excludes halogenated alkanes) is 32. The Hall–Kier alpha value is -2.25. The predicted molar refractivity (Wildman–Crippen MR) is 346 cm³/mol. The van der Waals surface area contributed by atoms with E-state index in [2.05, 4.69) is 55.6 Å². The number of hydrogen-bond donors (Lipinski definition) is 12. The zero-order valence-electron chi connectivity index (χ0n) is 54.9. The summed E-state index contributed by atoms with van der Waals surface area (Å²) in [5.41, 5.74) is 0. The van der Waals surface area contributed by atoms with E-state index in [1.165, 1.54) is 173 Å². The van der Waals surface area contributed by atoms with Gasteiger partial charge in [0.1, 0.15) is 73.2 Å².